The van der Waals surface area contributed by atoms with E-state index >= 15 is 0 Å². The van der Waals surface area contributed by atoms with Gasteiger partial charge in [-0.1, -0.05) is 28.9 Å². The Morgan fingerprint density at radius 1 is 1.23 bits per heavy atom. The van der Waals surface area contributed by atoms with Crippen molar-refractivity contribution in [2.45, 2.75) is 26.8 Å². The molecule has 0 bridgehead atoms. The summed E-state index contributed by atoms with van der Waals surface area (Å²) in [6.07, 6.45) is 0.850. The van der Waals surface area contributed by atoms with E-state index < -0.39 is 0 Å². The number of benzene rings is 1. The van der Waals surface area contributed by atoms with E-state index in [9.17, 15) is 0 Å². The summed E-state index contributed by atoms with van der Waals surface area (Å²) in [6.45, 7) is 5.35. The van der Waals surface area contributed by atoms with Crippen LogP contribution in [0.4, 0.5) is 0 Å². The lowest BCUT2D eigenvalue weighted by atomic mass is 10.1. The minimum absolute atomic E-state index is 0.697. The monoisotopic (exact) mass is 320 g/mol. The molecule has 0 atom stereocenters. The van der Waals surface area contributed by atoms with Gasteiger partial charge in [-0.2, -0.15) is 0 Å². The fourth-order valence-corrected chi connectivity index (χ4v) is 2.30. The van der Waals surface area contributed by atoms with Crippen LogP contribution in [0.2, 0.25) is 5.02 Å². The van der Waals surface area contributed by atoms with Gasteiger partial charge in [-0.3, -0.25) is 4.99 Å². The molecule has 0 aliphatic rings. The third kappa shape index (κ3) is 4.49. The topological polar surface area (TPSA) is 62.5 Å². The SMILES string of the molecule is CN=C(NCCc1c(C)noc1C)NCc1ccc(Cl)cc1. The van der Waals surface area contributed by atoms with Crippen molar-refractivity contribution in [2.75, 3.05) is 13.6 Å². The summed E-state index contributed by atoms with van der Waals surface area (Å²) in [5, 5.41) is 11.3. The summed E-state index contributed by atoms with van der Waals surface area (Å²) < 4.78 is 5.16. The first-order chi connectivity index (χ1) is 10.6. The zero-order valence-corrected chi connectivity index (χ0v) is 13.9. The first-order valence-corrected chi connectivity index (χ1v) is 7.58. The number of nitrogens with zero attached hydrogens (tertiary/aromatic N) is 2. The largest absolute Gasteiger partial charge is 0.361 e. The number of halogens is 1. The molecule has 0 amide bonds. The number of nitrogens with one attached hydrogen (secondary N) is 2. The highest BCUT2D eigenvalue weighted by Crippen LogP contribution is 2.12. The van der Waals surface area contributed by atoms with Crippen LogP contribution in [0.5, 0.6) is 0 Å². The number of aliphatic imine (C=N–C) groups is 1. The third-order valence-corrected chi connectivity index (χ3v) is 3.70. The maximum Gasteiger partial charge on any atom is 0.191 e. The molecule has 2 rings (SSSR count). The summed E-state index contributed by atoms with van der Waals surface area (Å²) >= 11 is 5.88. The number of hydrogen-bond acceptors (Lipinski definition) is 3. The van der Waals surface area contributed by atoms with Crippen molar-refractivity contribution in [3.63, 3.8) is 0 Å². The van der Waals surface area contributed by atoms with Crippen molar-refractivity contribution in [1.29, 1.82) is 0 Å². The highest BCUT2D eigenvalue weighted by molar-refractivity contribution is 6.30. The number of rotatable bonds is 5. The summed E-state index contributed by atoms with van der Waals surface area (Å²) in [5.74, 6) is 1.64. The summed E-state index contributed by atoms with van der Waals surface area (Å²) in [4.78, 5) is 4.21. The van der Waals surface area contributed by atoms with E-state index in [0.29, 0.717) is 6.54 Å². The van der Waals surface area contributed by atoms with Gasteiger partial charge >= 0.3 is 0 Å². The van der Waals surface area contributed by atoms with Gasteiger partial charge in [-0.05, 0) is 38.0 Å². The summed E-state index contributed by atoms with van der Waals surface area (Å²) in [6, 6.07) is 7.75. The summed E-state index contributed by atoms with van der Waals surface area (Å²) in [7, 11) is 1.76. The van der Waals surface area contributed by atoms with Crippen LogP contribution in [0, 0.1) is 13.8 Å². The standard InChI is InChI=1S/C16H21ClN4O/c1-11-15(12(2)22-21-11)8-9-19-16(18-3)20-10-13-4-6-14(17)7-5-13/h4-7H,8-10H2,1-3H3,(H2,18,19,20). The minimum Gasteiger partial charge on any atom is -0.361 e. The Morgan fingerprint density at radius 3 is 2.55 bits per heavy atom. The fraction of sp³-hybridized carbons (Fsp3) is 0.375. The van der Waals surface area contributed by atoms with Gasteiger partial charge in [0.1, 0.15) is 5.76 Å². The average Bonchev–Trinajstić information content (AvgIpc) is 2.84. The second kappa shape index (κ2) is 7.84. The second-order valence-electron chi connectivity index (χ2n) is 5.03. The van der Waals surface area contributed by atoms with Crippen molar-refractivity contribution in [3.8, 4) is 0 Å². The Hall–Kier alpha value is -2.01. The van der Waals surface area contributed by atoms with Crippen molar-refractivity contribution < 1.29 is 4.52 Å². The van der Waals surface area contributed by atoms with E-state index in [1.807, 2.05) is 38.1 Å². The lowest BCUT2D eigenvalue weighted by Gasteiger charge is -2.12. The molecule has 118 valence electrons. The molecule has 0 radical (unpaired) electrons. The molecule has 5 nitrogen and oxygen atoms in total. The van der Waals surface area contributed by atoms with Gasteiger partial charge in [0, 0.05) is 30.7 Å². The smallest absolute Gasteiger partial charge is 0.191 e. The Labute approximate surface area is 135 Å². The highest BCUT2D eigenvalue weighted by atomic mass is 35.5. The Kier molecular flexibility index (Phi) is 5.83. The molecule has 0 spiro atoms. The molecule has 1 aromatic carbocycles. The Morgan fingerprint density at radius 2 is 1.95 bits per heavy atom. The fourth-order valence-electron chi connectivity index (χ4n) is 2.17. The number of aromatic nitrogens is 1. The minimum atomic E-state index is 0.697. The molecule has 0 saturated heterocycles. The lowest BCUT2D eigenvalue weighted by Crippen LogP contribution is -2.37. The van der Waals surface area contributed by atoms with E-state index in [-0.39, 0.29) is 0 Å². The van der Waals surface area contributed by atoms with Crippen LogP contribution < -0.4 is 10.6 Å². The average molecular weight is 321 g/mol. The third-order valence-electron chi connectivity index (χ3n) is 3.45. The molecule has 2 N–H and O–H groups in total. The van der Waals surface area contributed by atoms with Gasteiger partial charge in [-0.15, -0.1) is 0 Å². The molecular weight excluding hydrogens is 300 g/mol. The van der Waals surface area contributed by atoms with Crippen LogP contribution in [-0.2, 0) is 13.0 Å². The predicted octanol–water partition coefficient (Wildman–Crippen LogP) is 2.85. The molecule has 22 heavy (non-hydrogen) atoms. The van der Waals surface area contributed by atoms with Crippen molar-refractivity contribution >= 4 is 17.6 Å². The van der Waals surface area contributed by atoms with Gasteiger partial charge in [0.05, 0.1) is 5.69 Å². The van der Waals surface area contributed by atoms with Crippen LogP contribution in [0.3, 0.4) is 0 Å². The van der Waals surface area contributed by atoms with E-state index in [0.717, 1.165) is 46.5 Å². The van der Waals surface area contributed by atoms with Gasteiger partial charge in [-0.25, -0.2) is 0 Å². The quantitative estimate of drug-likeness (QED) is 0.657. The molecule has 1 aromatic heterocycles. The molecule has 1 heterocycles. The van der Waals surface area contributed by atoms with E-state index in [1.165, 1.54) is 0 Å². The van der Waals surface area contributed by atoms with Crippen molar-refractivity contribution in [1.82, 2.24) is 15.8 Å². The van der Waals surface area contributed by atoms with Gasteiger partial charge in [0.25, 0.3) is 0 Å². The van der Waals surface area contributed by atoms with Crippen LogP contribution in [0.1, 0.15) is 22.6 Å². The molecular formula is C16H21ClN4O. The van der Waals surface area contributed by atoms with Crippen LogP contribution in [0.15, 0.2) is 33.8 Å². The van der Waals surface area contributed by atoms with Crippen LogP contribution in [0.25, 0.3) is 0 Å². The molecule has 0 saturated carbocycles. The van der Waals surface area contributed by atoms with Gasteiger partial charge in [0.15, 0.2) is 5.96 Å². The number of aryl methyl sites for hydroxylation is 2. The van der Waals surface area contributed by atoms with E-state index in [4.69, 9.17) is 16.1 Å². The van der Waals surface area contributed by atoms with Crippen molar-refractivity contribution in [2.24, 2.45) is 4.99 Å². The van der Waals surface area contributed by atoms with Crippen molar-refractivity contribution in [3.05, 3.63) is 51.9 Å². The highest BCUT2D eigenvalue weighted by Gasteiger charge is 2.08. The molecule has 0 unspecified atom stereocenters. The lowest BCUT2D eigenvalue weighted by molar-refractivity contribution is 0.392. The molecule has 0 aliphatic carbocycles. The Bertz CT molecular complexity index is 615. The molecule has 2 aromatic rings. The van der Waals surface area contributed by atoms with E-state index in [1.54, 1.807) is 7.05 Å². The van der Waals surface area contributed by atoms with Gasteiger partial charge in [0.2, 0.25) is 0 Å². The maximum atomic E-state index is 5.88. The second-order valence-corrected chi connectivity index (χ2v) is 5.47. The first kappa shape index (κ1) is 16.4. The van der Waals surface area contributed by atoms with Crippen LogP contribution >= 0.6 is 11.6 Å². The normalized spacial score (nSPS) is 11.5. The number of guanidine groups is 1. The molecule has 6 heteroatoms. The number of hydrogen-bond donors (Lipinski definition) is 2. The van der Waals surface area contributed by atoms with Crippen LogP contribution in [-0.4, -0.2) is 24.7 Å². The molecule has 0 fully saturated rings. The van der Waals surface area contributed by atoms with E-state index in [2.05, 4.69) is 20.8 Å². The first-order valence-electron chi connectivity index (χ1n) is 7.21. The molecule has 0 aliphatic heterocycles. The zero-order valence-electron chi connectivity index (χ0n) is 13.1. The maximum absolute atomic E-state index is 5.88. The van der Waals surface area contributed by atoms with Gasteiger partial charge < -0.3 is 15.2 Å². The summed E-state index contributed by atoms with van der Waals surface area (Å²) in [5.41, 5.74) is 3.25. The predicted molar refractivity (Wildman–Crippen MR) is 89.3 cm³/mol. The zero-order chi connectivity index (χ0) is 15.9. The Balaban J connectivity index is 1.79.